The molecular weight excluding hydrogens is 457 g/mol. The van der Waals surface area contributed by atoms with Gasteiger partial charge in [-0.05, 0) is 6.07 Å². The molecule has 1 fully saturated rings. The van der Waals surface area contributed by atoms with Crippen LogP contribution < -0.4 is 11.4 Å². The van der Waals surface area contributed by atoms with E-state index in [2.05, 4.69) is 13.8 Å². The maximum absolute atomic E-state index is 11.7. The van der Waals surface area contributed by atoms with Crippen LogP contribution in [0.25, 0.3) is 0 Å². The summed E-state index contributed by atoms with van der Waals surface area (Å²) in [7, 11) is -10.5. The average molecular weight is 472 g/mol. The normalized spacial score (nSPS) is 26.3. The number of nitrogen functional groups attached to an aromatic ring is 1. The van der Waals surface area contributed by atoms with E-state index in [-0.39, 0.29) is 94.5 Å². The third-order valence-corrected chi connectivity index (χ3v) is 5.23. The molecule has 2 heterocycles. The molecule has 0 amide bonds. The number of aliphatic hydroxyl groups excluding tert-OH is 2. The minimum atomic E-state index is -5.30. The molecule has 5 atom stereocenters. The van der Waals surface area contributed by atoms with Crippen LogP contribution in [0.4, 0.5) is 5.82 Å². The molecule has 0 saturated carbocycles. The van der Waals surface area contributed by atoms with Crippen LogP contribution in [0.2, 0.25) is 0 Å². The van der Waals surface area contributed by atoms with Crippen molar-refractivity contribution in [2.24, 2.45) is 0 Å². The number of ether oxygens (including phenoxy) is 1. The summed E-state index contributed by atoms with van der Waals surface area (Å²) in [6.07, 6.45) is -4.93. The molecule has 28 heavy (non-hydrogen) atoms. The molecule has 2 rings (SSSR count). The van der Waals surface area contributed by atoms with Gasteiger partial charge in [-0.25, -0.2) is 13.9 Å². The SMILES string of the molecule is Nc1ccn([C@@H]2O[C@H](COP(=O)(O)OP(=O)(O)O)[C@@H](O)[C@H]2O)c(=O)n1.[Na].[Na].[Na]. The molecule has 1 aromatic rings. The molecule has 0 bridgehead atoms. The molecule has 0 aromatic carbocycles. The molecular formula is C9H15N3Na3O11P2. The van der Waals surface area contributed by atoms with E-state index in [4.69, 9.17) is 25.2 Å². The minimum absolute atomic E-state index is 0. The van der Waals surface area contributed by atoms with Gasteiger partial charge >= 0.3 is 21.3 Å². The number of hydrogen-bond donors (Lipinski definition) is 6. The van der Waals surface area contributed by atoms with E-state index in [0.717, 1.165) is 10.8 Å². The first-order valence-corrected chi connectivity index (χ1v) is 9.53. The van der Waals surface area contributed by atoms with E-state index in [9.17, 15) is 24.1 Å². The summed E-state index contributed by atoms with van der Waals surface area (Å²) in [5.41, 5.74) is 4.45. The van der Waals surface area contributed by atoms with Gasteiger partial charge in [0.15, 0.2) is 6.23 Å². The predicted octanol–water partition coefficient (Wildman–Crippen LogP) is -3.47. The summed E-state index contributed by atoms with van der Waals surface area (Å²) in [6.45, 7) is -0.875. The summed E-state index contributed by atoms with van der Waals surface area (Å²) < 4.78 is 35.8. The number of hydrogen-bond acceptors (Lipinski definition) is 10. The zero-order chi connectivity index (χ0) is 19.0. The van der Waals surface area contributed by atoms with Crippen LogP contribution in [0.1, 0.15) is 6.23 Å². The van der Waals surface area contributed by atoms with Gasteiger partial charge in [-0.3, -0.25) is 9.09 Å². The van der Waals surface area contributed by atoms with Crippen molar-refractivity contribution in [2.45, 2.75) is 24.5 Å². The Balaban J connectivity index is 0. The van der Waals surface area contributed by atoms with Crippen molar-refractivity contribution in [1.29, 1.82) is 0 Å². The quantitative estimate of drug-likeness (QED) is 0.175. The third-order valence-electron chi connectivity index (χ3n) is 3.07. The van der Waals surface area contributed by atoms with E-state index in [0.29, 0.717) is 0 Å². The standard InChI is InChI=1S/C9H15N3O11P2.3Na/c10-5-1-2-12(9(15)11-5)8-7(14)6(13)4(22-8)3-21-25(19,20)23-24(16,17)18;;;/h1-2,4,6-8,13-14H,3H2,(H,19,20)(H2,10,11,15)(H2,16,17,18);;;/t4-,6-,7-,8-;;;/m1.../s1. The van der Waals surface area contributed by atoms with Gasteiger partial charge in [-0.1, -0.05) is 0 Å². The molecule has 1 saturated heterocycles. The first-order chi connectivity index (χ1) is 11.4. The Kier molecular flexibility index (Phi) is 14.6. The fourth-order valence-electron chi connectivity index (χ4n) is 2.04. The van der Waals surface area contributed by atoms with E-state index < -0.39 is 52.5 Å². The third kappa shape index (κ3) is 9.13. The van der Waals surface area contributed by atoms with Gasteiger partial charge in [0.05, 0.1) is 6.61 Å². The zero-order valence-corrected chi connectivity index (χ0v) is 23.0. The van der Waals surface area contributed by atoms with Gasteiger partial charge in [0.25, 0.3) is 0 Å². The van der Waals surface area contributed by atoms with Crippen LogP contribution in [0.5, 0.6) is 0 Å². The second-order valence-corrected chi connectivity index (χ2v) is 7.75. The molecule has 1 aliphatic heterocycles. The van der Waals surface area contributed by atoms with Crippen LogP contribution in [0.3, 0.4) is 0 Å². The van der Waals surface area contributed by atoms with E-state index in [1.54, 1.807) is 0 Å². The summed E-state index contributed by atoms with van der Waals surface area (Å²) in [5, 5.41) is 19.8. The number of anilines is 1. The molecule has 1 aliphatic rings. The maximum Gasteiger partial charge on any atom is 0.481 e. The second-order valence-electron chi connectivity index (χ2n) is 4.93. The Morgan fingerprint density at radius 3 is 2.25 bits per heavy atom. The maximum atomic E-state index is 11.7. The molecule has 1 aromatic heterocycles. The Bertz CT molecular complexity index is 792. The Morgan fingerprint density at radius 2 is 1.75 bits per heavy atom. The smallest absolute Gasteiger partial charge is 0.387 e. The van der Waals surface area contributed by atoms with E-state index in [1.165, 1.54) is 6.07 Å². The second kappa shape index (κ2) is 12.8. The molecule has 19 heteroatoms. The van der Waals surface area contributed by atoms with Crippen molar-refractivity contribution in [1.82, 2.24) is 9.55 Å². The first-order valence-electron chi connectivity index (χ1n) is 6.50. The van der Waals surface area contributed by atoms with Crippen molar-refractivity contribution in [3.63, 3.8) is 0 Å². The number of aliphatic hydroxyl groups is 2. The number of aromatic nitrogens is 2. The van der Waals surface area contributed by atoms with Gasteiger partial charge < -0.3 is 35.4 Å². The summed E-state index contributed by atoms with van der Waals surface area (Å²) in [5.74, 6) is -0.0787. The summed E-state index contributed by atoms with van der Waals surface area (Å²) >= 11 is 0. The number of phosphoric ester groups is 1. The molecule has 3 radical (unpaired) electrons. The molecule has 0 aliphatic carbocycles. The Labute approximate surface area is 224 Å². The first kappa shape index (κ1) is 32.0. The molecule has 7 N–H and O–H groups in total. The number of nitrogens with two attached hydrogens (primary N) is 1. The molecule has 1 unspecified atom stereocenters. The fourth-order valence-corrected chi connectivity index (χ4v) is 3.64. The Morgan fingerprint density at radius 1 is 1.18 bits per heavy atom. The largest absolute Gasteiger partial charge is 0.481 e. The van der Waals surface area contributed by atoms with Crippen LogP contribution in [-0.4, -0.2) is 148 Å². The summed E-state index contributed by atoms with van der Waals surface area (Å²) in [6, 6.07) is 1.24. The van der Waals surface area contributed by atoms with Crippen molar-refractivity contribution in [3.05, 3.63) is 22.7 Å². The van der Waals surface area contributed by atoms with Crippen LogP contribution in [0.15, 0.2) is 17.1 Å². The van der Waals surface area contributed by atoms with Crippen LogP contribution in [0, 0.1) is 0 Å². The van der Waals surface area contributed by atoms with Gasteiger partial charge in [-0.2, -0.15) is 9.29 Å². The molecule has 0 spiro atoms. The zero-order valence-electron chi connectivity index (χ0n) is 15.2. The van der Waals surface area contributed by atoms with E-state index >= 15 is 0 Å². The van der Waals surface area contributed by atoms with Crippen LogP contribution >= 0.6 is 15.6 Å². The molecule has 14 nitrogen and oxygen atoms in total. The van der Waals surface area contributed by atoms with Gasteiger partial charge in [0, 0.05) is 94.9 Å². The number of nitrogens with zero attached hydrogens (tertiary/aromatic N) is 2. The topological polar surface area (TPSA) is 224 Å². The monoisotopic (exact) mass is 472 g/mol. The van der Waals surface area contributed by atoms with Gasteiger partial charge in [0.1, 0.15) is 24.1 Å². The number of phosphoric acid groups is 2. The predicted molar refractivity (Wildman–Crippen MR) is 95.0 cm³/mol. The van der Waals surface area contributed by atoms with Crippen molar-refractivity contribution < 1.29 is 47.6 Å². The van der Waals surface area contributed by atoms with Crippen molar-refractivity contribution in [3.8, 4) is 0 Å². The Hall–Kier alpha value is 1.82. The van der Waals surface area contributed by atoms with E-state index in [1.807, 2.05) is 0 Å². The van der Waals surface area contributed by atoms with Gasteiger partial charge in [0.2, 0.25) is 0 Å². The minimum Gasteiger partial charge on any atom is -0.387 e. The van der Waals surface area contributed by atoms with Gasteiger partial charge in [-0.15, -0.1) is 0 Å². The average Bonchev–Trinajstić information content (AvgIpc) is 2.71. The van der Waals surface area contributed by atoms with Crippen molar-refractivity contribution in [2.75, 3.05) is 12.3 Å². The summed E-state index contributed by atoms with van der Waals surface area (Å²) in [4.78, 5) is 41.3. The fraction of sp³-hybridized carbons (Fsp3) is 0.556. The number of rotatable bonds is 6. The molecule has 145 valence electrons. The van der Waals surface area contributed by atoms with Crippen LogP contribution in [-0.2, 0) is 22.7 Å². The van der Waals surface area contributed by atoms with Crippen molar-refractivity contribution >= 4 is 110 Å².